The van der Waals surface area contributed by atoms with Gasteiger partial charge in [-0.2, -0.15) is 0 Å². The number of carbonyl (C=O) groups excluding carboxylic acids is 1. The van der Waals surface area contributed by atoms with Gasteiger partial charge in [-0.25, -0.2) is 4.98 Å². The maximum Gasteiger partial charge on any atom is 0.310 e. The van der Waals surface area contributed by atoms with Crippen LogP contribution >= 0.6 is 34.3 Å². The summed E-state index contributed by atoms with van der Waals surface area (Å²) in [6.07, 6.45) is 0. The van der Waals surface area contributed by atoms with E-state index in [-0.39, 0.29) is 18.0 Å². The molecule has 25 heavy (non-hydrogen) atoms. The summed E-state index contributed by atoms with van der Waals surface area (Å²) in [5.41, 5.74) is 0.526. The number of nitrogens with zero attached hydrogens (tertiary/aromatic N) is 2. The zero-order valence-corrected chi connectivity index (χ0v) is 14.9. The minimum absolute atomic E-state index is 0.0377. The van der Waals surface area contributed by atoms with Crippen molar-refractivity contribution in [3.8, 4) is 16.3 Å². The Bertz CT molecular complexity index is 925. The number of nitro groups is 1. The fourth-order valence-corrected chi connectivity index (χ4v) is 3.73. The van der Waals surface area contributed by atoms with Crippen LogP contribution in [0.4, 0.5) is 10.8 Å². The Balaban J connectivity index is 1.60. The Hall–Kier alpha value is -2.49. The number of para-hydroxylation sites is 2. The summed E-state index contributed by atoms with van der Waals surface area (Å²) in [5.74, 6) is -0.418. The van der Waals surface area contributed by atoms with Crippen LogP contribution in [-0.4, -0.2) is 22.4 Å². The first-order valence-corrected chi connectivity index (χ1v) is 8.97. The van der Waals surface area contributed by atoms with Crippen LogP contribution in [0.2, 0.25) is 4.34 Å². The highest BCUT2D eigenvalue weighted by atomic mass is 35.5. The molecule has 0 radical (unpaired) electrons. The van der Waals surface area contributed by atoms with Crippen molar-refractivity contribution in [3.63, 3.8) is 0 Å². The van der Waals surface area contributed by atoms with Crippen molar-refractivity contribution in [2.75, 3.05) is 11.9 Å². The summed E-state index contributed by atoms with van der Waals surface area (Å²) in [5, 5.41) is 15.7. The lowest BCUT2D eigenvalue weighted by molar-refractivity contribution is -0.385. The number of nitro benzene ring substituents is 1. The van der Waals surface area contributed by atoms with Crippen LogP contribution < -0.4 is 10.1 Å². The minimum Gasteiger partial charge on any atom is -0.477 e. The highest BCUT2D eigenvalue weighted by Gasteiger charge is 2.15. The van der Waals surface area contributed by atoms with Crippen LogP contribution in [0.15, 0.2) is 41.8 Å². The summed E-state index contributed by atoms with van der Waals surface area (Å²) >= 11 is 8.56. The van der Waals surface area contributed by atoms with Gasteiger partial charge in [0.15, 0.2) is 17.5 Å². The van der Waals surface area contributed by atoms with Gasteiger partial charge in [-0.15, -0.1) is 22.7 Å². The van der Waals surface area contributed by atoms with Gasteiger partial charge in [0, 0.05) is 11.4 Å². The van der Waals surface area contributed by atoms with Crippen molar-refractivity contribution in [1.29, 1.82) is 0 Å². The fourth-order valence-electron chi connectivity index (χ4n) is 1.92. The lowest BCUT2D eigenvalue weighted by Gasteiger charge is -2.06. The first-order chi connectivity index (χ1) is 12.0. The zero-order chi connectivity index (χ0) is 17.8. The van der Waals surface area contributed by atoms with Gasteiger partial charge >= 0.3 is 5.69 Å². The van der Waals surface area contributed by atoms with E-state index >= 15 is 0 Å². The van der Waals surface area contributed by atoms with Crippen LogP contribution in [0.5, 0.6) is 5.75 Å². The first-order valence-electron chi connectivity index (χ1n) is 6.90. The number of halogens is 1. The average molecular weight is 396 g/mol. The number of hydrogen-bond acceptors (Lipinski definition) is 7. The second-order valence-corrected chi connectivity index (χ2v) is 7.28. The first kappa shape index (κ1) is 17.3. The predicted molar refractivity (Wildman–Crippen MR) is 97.7 cm³/mol. The zero-order valence-electron chi connectivity index (χ0n) is 12.5. The fraction of sp³-hybridized carbons (Fsp3) is 0.0667. The molecular weight excluding hydrogens is 386 g/mol. The van der Waals surface area contributed by atoms with Crippen molar-refractivity contribution in [3.05, 3.63) is 56.2 Å². The normalized spacial score (nSPS) is 10.4. The molecule has 0 saturated heterocycles. The smallest absolute Gasteiger partial charge is 0.310 e. The number of amides is 1. The van der Waals surface area contributed by atoms with Gasteiger partial charge in [-0.1, -0.05) is 23.7 Å². The quantitative estimate of drug-likeness (QED) is 0.491. The van der Waals surface area contributed by atoms with E-state index in [1.54, 1.807) is 17.5 Å². The van der Waals surface area contributed by atoms with E-state index in [2.05, 4.69) is 10.3 Å². The number of ether oxygens (including phenoxy) is 1. The molecule has 10 heteroatoms. The predicted octanol–water partition coefficient (Wildman–Crippen LogP) is 4.45. The number of hydrogen-bond donors (Lipinski definition) is 1. The molecule has 0 atom stereocenters. The molecule has 0 fully saturated rings. The van der Waals surface area contributed by atoms with Crippen molar-refractivity contribution in [2.45, 2.75) is 0 Å². The van der Waals surface area contributed by atoms with Gasteiger partial charge in [0.25, 0.3) is 5.91 Å². The van der Waals surface area contributed by atoms with Crippen LogP contribution in [0.25, 0.3) is 10.6 Å². The molecule has 1 aromatic carbocycles. The third-order valence-electron chi connectivity index (χ3n) is 3.00. The topological polar surface area (TPSA) is 94.4 Å². The molecule has 0 unspecified atom stereocenters. The third-order valence-corrected chi connectivity index (χ3v) is 5.01. The number of thiophene rings is 1. The largest absolute Gasteiger partial charge is 0.477 e. The highest BCUT2D eigenvalue weighted by molar-refractivity contribution is 7.20. The second kappa shape index (κ2) is 7.60. The van der Waals surface area contributed by atoms with Gasteiger partial charge in [0.05, 0.1) is 19.8 Å². The monoisotopic (exact) mass is 395 g/mol. The maximum absolute atomic E-state index is 12.0. The van der Waals surface area contributed by atoms with Gasteiger partial charge in [0.1, 0.15) is 0 Å². The van der Waals surface area contributed by atoms with Gasteiger partial charge < -0.3 is 4.74 Å². The summed E-state index contributed by atoms with van der Waals surface area (Å²) < 4.78 is 5.89. The van der Waals surface area contributed by atoms with Crippen LogP contribution in [0.3, 0.4) is 0 Å². The molecule has 1 amide bonds. The molecule has 0 bridgehead atoms. The molecular formula is C15H10ClN3O4S2. The summed E-state index contributed by atoms with van der Waals surface area (Å²) in [6, 6.07) is 9.50. The second-order valence-electron chi connectivity index (χ2n) is 4.70. The maximum atomic E-state index is 12.0. The Labute approximate surface area is 155 Å². The summed E-state index contributed by atoms with van der Waals surface area (Å²) in [4.78, 5) is 27.5. The van der Waals surface area contributed by atoms with E-state index < -0.39 is 10.8 Å². The molecule has 128 valence electrons. The van der Waals surface area contributed by atoms with Crippen molar-refractivity contribution in [1.82, 2.24) is 4.98 Å². The summed E-state index contributed by atoms with van der Waals surface area (Å²) in [7, 11) is 0. The molecule has 0 aliphatic rings. The van der Waals surface area contributed by atoms with E-state index in [4.69, 9.17) is 16.3 Å². The van der Waals surface area contributed by atoms with E-state index in [1.807, 2.05) is 6.07 Å². The van der Waals surface area contributed by atoms with E-state index in [9.17, 15) is 14.9 Å². The van der Waals surface area contributed by atoms with Gasteiger partial charge in [-0.3, -0.25) is 20.2 Å². The molecule has 0 aliphatic heterocycles. The van der Waals surface area contributed by atoms with Crippen LogP contribution in [-0.2, 0) is 4.79 Å². The molecule has 7 nitrogen and oxygen atoms in total. The lowest BCUT2D eigenvalue weighted by atomic mass is 10.3. The number of anilines is 1. The number of benzene rings is 1. The number of nitrogens with one attached hydrogen (secondary N) is 1. The van der Waals surface area contributed by atoms with Crippen molar-refractivity contribution < 1.29 is 14.5 Å². The average Bonchev–Trinajstić information content (AvgIpc) is 3.22. The van der Waals surface area contributed by atoms with Gasteiger partial charge in [-0.05, 0) is 18.2 Å². The van der Waals surface area contributed by atoms with Gasteiger partial charge in [0.2, 0.25) is 0 Å². The lowest BCUT2D eigenvalue weighted by Crippen LogP contribution is -2.20. The molecule has 3 rings (SSSR count). The summed E-state index contributed by atoms with van der Waals surface area (Å²) in [6.45, 7) is -0.357. The Morgan fingerprint density at radius 2 is 2.12 bits per heavy atom. The molecule has 0 spiro atoms. The van der Waals surface area contributed by atoms with Crippen molar-refractivity contribution >= 4 is 51.0 Å². The standard InChI is InChI=1S/C15H10ClN3O4S2/c16-13-6-5-12(25-13)9-8-24-15(17-9)18-14(20)7-23-11-4-2-1-3-10(11)19(21)22/h1-6,8H,7H2,(H,17,18,20). The molecule has 3 aromatic rings. The molecule has 0 saturated carbocycles. The molecule has 2 heterocycles. The SMILES string of the molecule is O=C(COc1ccccc1[N+](=O)[O-])Nc1nc(-c2ccc(Cl)s2)cs1. The molecule has 0 aliphatic carbocycles. The Morgan fingerprint density at radius 3 is 2.84 bits per heavy atom. The number of carbonyl (C=O) groups is 1. The molecule has 2 aromatic heterocycles. The van der Waals surface area contributed by atoms with Crippen LogP contribution in [0, 0.1) is 10.1 Å². The highest BCUT2D eigenvalue weighted by Crippen LogP contribution is 2.32. The molecule has 1 N–H and O–H groups in total. The number of thiazole rings is 1. The Morgan fingerprint density at radius 1 is 1.32 bits per heavy atom. The van der Waals surface area contributed by atoms with E-state index in [0.29, 0.717) is 9.47 Å². The Kier molecular flexibility index (Phi) is 5.27. The third kappa shape index (κ3) is 4.32. The van der Waals surface area contributed by atoms with E-state index in [1.165, 1.54) is 40.9 Å². The van der Waals surface area contributed by atoms with Crippen molar-refractivity contribution in [2.24, 2.45) is 0 Å². The number of aromatic nitrogens is 1. The minimum atomic E-state index is -0.563. The van der Waals surface area contributed by atoms with E-state index in [0.717, 1.165) is 10.6 Å². The van der Waals surface area contributed by atoms with Crippen LogP contribution in [0.1, 0.15) is 0 Å². The number of rotatable bonds is 6.